The summed E-state index contributed by atoms with van der Waals surface area (Å²) in [5.41, 5.74) is -3.16. The van der Waals surface area contributed by atoms with E-state index in [1.165, 1.54) is 36.4 Å². The predicted molar refractivity (Wildman–Crippen MR) is 129 cm³/mol. The molecule has 13 heteroatoms. The van der Waals surface area contributed by atoms with Gasteiger partial charge in [-0.3, -0.25) is 19.1 Å². The predicted octanol–water partition coefficient (Wildman–Crippen LogP) is 2.18. The minimum Gasteiger partial charge on any atom is -0.379 e. The van der Waals surface area contributed by atoms with Crippen LogP contribution in [0.2, 0.25) is 5.02 Å². The first-order chi connectivity index (χ1) is 17.6. The summed E-state index contributed by atoms with van der Waals surface area (Å²) in [4.78, 5) is 41.4. The molecule has 1 saturated heterocycles. The van der Waals surface area contributed by atoms with Crippen molar-refractivity contribution in [1.82, 2.24) is 24.6 Å². The molecule has 0 atom stereocenters. The second-order valence-electron chi connectivity index (χ2n) is 8.32. The van der Waals surface area contributed by atoms with Crippen LogP contribution in [0.15, 0.2) is 58.1 Å². The molecule has 4 rings (SSSR count). The molecule has 0 aliphatic carbocycles. The molecule has 3 aromatic rings. The van der Waals surface area contributed by atoms with E-state index in [1.807, 2.05) is 0 Å². The molecule has 0 saturated carbocycles. The molecule has 0 unspecified atom stereocenters. The maximum atomic E-state index is 13.2. The second kappa shape index (κ2) is 11.3. The Morgan fingerprint density at radius 1 is 1.08 bits per heavy atom. The first kappa shape index (κ1) is 26.6. The summed E-state index contributed by atoms with van der Waals surface area (Å²) in [5.74, 6) is -0.807. The van der Waals surface area contributed by atoms with Crippen molar-refractivity contribution >= 4 is 17.5 Å². The lowest BCUT2D eigenvalue weighted by molar-refractivity contribution is -0.137. The van der Waals surface area contributed by atoms with Gasteiger partial charge in [0, 0.05) is 31.2 Å². The maximum Gasteiger partial charge on any atom is 0.416 e. The van der Waals surface area contributed by atoms with E-state index in [1.54, 1.807) is 0 Å². The van der Waals surface area contributed by atoms with Gasteiger partial charge in [0.2, 0.25) is 5.69 Å². The molecular formula is C24H23ClF3N5O4. The van der Waals surface area contributed by atoms with E-state index < -0.39 is 41.1 Å². The van der Waals surface area contributed by atoms with Crippen LogP contribution in [-0.4, -0.2) is 64.5 Å². The fourth-order valence-corrected chi connectivity index (χ4v) is 3.94. The summed E-state index contributed by atoms with van der Waals surface area (Å²) in [6, 6.07) is 10.2. The minimum absolute atomic E-state index is 0.0570. The molecule has 1 amide bonds. The van der Waals surface area contributed by atoms with Gasteiger partial charge in [-0.05, 0) is 42.0 Å². The van der Waals surface area contributed by atoms with Gasteiger partial charge in [0.15, 0.2) is 0 Å². The van der Waals surface area contributed by atoms with Crippen molar-refractivity contribution in [2.24, 2.45) is 0 Å². The zero-order valence-electron chi connectivity index (χ0n) is 19.5. The number of alkyl halides is 3. The van der Waals surface area contributed by atoms with Crippen LogP contribution < -0.4 is 16.6 Å². The highest BCUT2D eigenvalue weighted by atomic mass is 35.5. The minimum atomic E-state index is -4.60. The molecule has 9 nitrogen and oxygen atoms in total. The summed E-state index contributed by atoms with van der Waals surface area (Å²) < 4.78 is 46.4. The number of ether oxygens (including phenoxy) is 1. The summed E-state index contributed by atoms with van der Waals surface area (Å²) in [6.07, 6.45) is -4.60. The Balaban J connectivity index is 1.69. The van der Waals surface area contributed by atoms with Crippen LogP contribution >= 0.6 is 11.6 Å². The molecule has 0 radical (unpaired) electrons. The lowest BCUT2D eigenvalue weighted by Gasteiger charge is -2.26. The highest BCUT2D eigenvalue weighted by Crippen LogP contribution is 2.29. The van der Waals surface area contributed by atoms with Crippen molar-refractivity contribution in [2.45, 2.75) is 12.7 Å². The number of hydrogen-bond donors (Lipinski definition) is 1. The van der Waals surface area contributed by atoms with Gasteiger partial charge >= 0.3 is 11.9 Å². The quantitative estimate of drug-likeness (QED) is 0.496. The van der Waals surface area contributed by atoms with E-state index in [0.29, 0.717) is 42.4 Å². The van der Waals surface area contributed by atoms with Crippen molar-refractivity contribution in [1.29, 1.82) is 0 Å². The van der Waals surface area contributed by atoms with Crippen LogP contribution in [0.25, 0.3) is 5.69 Å². The highest BCUT2D eigenvalue weighted by molar-refractivity contribution is 6.30. The molecular weight excluding hydrogens is 515 g/mol. The van der Waals surface area contributed by atoms with Crippen LogP contribution in [-0.2, 0) is 17.5 Å². The first-order valence-electron chi connectivity index (χ1n) is 11.4. The van der Waals surface area contributed by atoms with E-state index in [0.717, 1.165) is 16.8 Å². The Labute approximate surface area is 214 Å². The zero-order chi connectivity index (χ0) is 26.6. The average molecular weight is 538 g/mol. The zero-order valence-corrected chi connectivity index (χ0v) is 20.3. The highest BCUT2D eigenvalue weighted by Gasteiger charge is 2.30. The summed E-state index contributed by atoms with van der Waals surface area (Å²) in [7, 11) is 0. The van der Waals surface area contributed by atoms with Gasteiger partial charge < -0.3 is 10.1 Å². The van der Waals surface area contributed by atoms with Crippen LogP contribution in [0.3, 0.4) is 0 Å². The van der Waals surface area contributed by atoms with Crippen LogP contribution in [0.1, 0.15) is 21.6 Å². The van der Waals surface area contributed by atoms with Gasteiger partial charge in [-0.15, -0.1) is 0 Å². The van der Waals surface area contributed by atoms with Crippen molar-refractivity contribution in [3.05, 3.63) is 91.2 Å². The number of carbonyl (C=O) groups excluding carboxylic acids is 1. The average Bonchev–Trinajstić information content (AvgIpc) is 2.87. The van der Waals surface area contributed by atoms with E-state index in [9.17, 15) is 27.6 Å². The fourth-order valence-electron chi connectivity index (χ4n) is 3.81. The van der Waals surface area contributed by atoms with Crippen molar-refractivity contribution in [3.8, 4) is 5.69 Å². The summed E-state index contributed by atoms with van der Waals surface area (Å²) in [6.45, 7) is 2.83. The fraction of sp³-hybridized carbons (Fsp3) is 0.333. The maximum absolute atomic E-state index is 13.2. The van der Waals surface area contributed by atoms with Gasteiger partial charge in [-0.25, -0.2) is 4.79 Å². The second-order valence-corrected chi connectivity index (χ2v) is 8.76. The molecule has 1 aromatic heterocycles. The number of rotatable bonds is 7. The smallest absolute Gasteiger partial charge is 0.379 e. The Kier molecular flexibility index (Phi) is 8.10. The molecule has 0 spiro atoms. The van der Waals surface area contributed by atoms with Crippen molar-refractivity contribution < 1.29 is 22.7 Å². The number of hydrogen-bond acceptors (Lipinski definition) is 6. The molecule has 0 bridgehead atoms. The molecule has 1 fully saturated rings. The molecule has 2 heterocycles. The van der Waals surface area contributed by atoms with Gasteiger partial charge in [-0.2, -0.15) is 23.0 Å². The van der Waals surface area contributed by atoms with E-state index in [-0.39, 0.29) is 17.8 Å². The molecule has 1 aliphatic heterocycles. The van der Waals surface area contributed by atoms with Gasteiger partial charge in [-0.1, -0.05) is 23.7 Å². The third-order valence-corrected chi connectivity index (χ3v) is 6.01. The van der Waals surface area contributed by atoms with Crippen LogP contribution in [0.5, 0.6) is 0 Å². The number of nitrogens with one attached hydrogen (secondary N) is 1. The lowest BCUT2D eigenvalue weighted by atomic mass is 10.1. The number of amides is 1. The van der Waals surface area contributed by atoms with Gasteiger partial charge in [0.05, 0.1) is 31.0 Å². The largest absolute Gasteiger partial charge is 0.416 e. The monoisotopic (exact) mass is 537 g/mol. The van der Waals surface area contributed by atoms with E-state index in [4.69, 9.17) is 16.3 Å². The lowest BCUT2D eigenvalue weighted by Crippen LogP contribution is -2.47. The molecule has 37 heavy (non-hydrogen) atoms. The topological polar surface area (TPSA) is 98.5 Å². The van der Waals surface area contributed by atoms with E-state index in [2.05, 4.69) is 15.3 Å². The number of aromatic nitrogens is 3. The Hall–Kier alpha value is -3.48. The Bertz CT molecular complexity index is 1380. The number of benzene rings is 2. The third kappa shape index (κ3) is 6.45. The Morgan fingerprint density at radius 3 is 2.46 bits per heavy atom. The van der Waals surface area contributed by atoms with Crippen molar-refractivity contribution in [3.63, 3.8) is 0 Å². The molecule has 1 aliphatic rings. The van der Waals surface area contributed by atoms with Crippen LogP contribution in [0.4, 0.5) is 13.2 Å². The number of morpholine rings is 1. The number of carbonyl (C=O) groups is 1. The number of nitrogens with zero attached hydrogens (tertiary/aromatic N) is 4. The van der Waals surface area contributed by atoms with Gasteiger partial charge in [0.25, 0.3) is 11.5 Å². The third-order valence-electron chi connectivity index (χ3n) is 5.76. The van der Waals surface area contributed by atoms with Gasteiger partial charge in [0.1, 0.15) is 0 Å². The number of halogens is 4. The molecule has 1 N–H and O–H groups in total. The van der Waals surface area contributed by atoms with Crippen LogP contribution in [0, 0.1) is 0 Å². The normalized spacial score (nSPS) is 14.5. The Morgan fingerprint density at radius 2 is 1.78 bits per heavy atom. The summed E-state index contributed by atoms with van der Waals surface area (Å²) >= 11 is 5.93. The van der Waals surface area contributed by atoms with E-state index >= 15 is 0 Å². The SMILES string of the molecule is O=C(NCCN1CCOCC1)c1nn(-c2ccc(Cl)cc2)c(=O)n(Cc2cccc(C(F)(F)F)c2)c1=O. The standard InChI is InChI=1S/C24H23ClF3N5O4/c25-18-4-6-19(7-5-18)33-23(36)32(15-16-2-1-3-17(14-16)24(26,27)28)22(35)20(30-33)21(34)29-8-9-31-10-12-37-13-11-31/h1-7,14H,8-13,15H2,(H,29,34). The van der Waals surface area contributed by atoms with Crippen molar-refractivity contribution in [2.75, 3.05) is 39.4 Å². The summed E-state index contributed by atoms with van der Waals surface area (Å²) in [5, 5.41) is 7.01. The first-order valence-corrected chi connectivity index (χ1v) is 11.8. The molecule has 2 aromatic carbocycles. The molecule has 196 valence electrons.